The Hall–Kier alpha value is -1.76. The molecule has 2 saturated heterocycles. The van der Waals surface area contributed by atoms with Crippen molar-refractivity contribution in [2.45, 2.75) is 49.3 Å². The summed E-state index contributed by atoms with van der Waals surface area (Å²) in [5, 5.41) is 6.96. The Morgan fingerprint density at radius 1 is 1.22 bits per heavy atom. The molecule has 1 aromatic rings. The predicted molar refractivity (Wildman–Crippen MR) is 107 cm³/mol. The number of hydrogen-bond donors (Lipinski definition) is 2. The molecule has 1 aliphatic carbocycles. The standard InChI is InChI=1S/C18H25FN2O3S.C2HF3O2/c19-17-4-2-1-3-14(17)11-21-12-18(13-21)15(8-10-24-18)7-9-20-25(22,23)16-5-6-16;3-2(4,5)1(6)7/h1-4,15-16,20H,5-13H2;(H,6,7). The van der Waals surface area contributed by atoms with Crippen LogP contribution in [0, 0.1) is 11.7 Å². The molecule has 180 valence electrons. The first kappa shape index (κ1) is 24.9. The number of benzene rings is 1. The van der Waals surface area contributed by atoms with Crippen LogP contribution in [0.25, 0.3) is 0 Å². The normalized spacial score (nSPS) is 22.8. The van der Waals surface area contributed by atoms with Gasteiger partial charge in [-0.1, -0.05) is 18.2 Å². The van der Waals surface area contributed by atoms with E-state index in [1.165, 1.54) is 6.07 Å². The first-order valence-electron chi connectivity index (χ1n) is 10.3. The van der Waals surface area contributed by atoms with Crippen LogP contribution in [-0.4, -0.2) is 67.7 Å². The molecule has 2 N–H and O–H groups in total. The summed E-state index contributed by atoms with van der Waals surface area (Å²) in [6.07, 6.45) is -1.73. The minimum absolute atomic E-state index is 0.165. The quantitative estimate of drug-likeness (QED) is 0.580. The van der Waals surface area contributed by atoms with Crippen LogP contribution in [-0.2, 0) is 26.1 Å². The maximum absolute atomic E-state index is 13.8. The number of hydrogen-bond acceptors (Lipinski definition) is 5. The molecule has 2 heterocycles. The molecule has 3 fully saturated rings. The van der Waals surface area contributed by atoms with Gasteiger partial charge >= 0.3 is 12.1 Å². The molecule has 0 aromatic heterocycles. The highest BCUT2D eigenvalue weighted by atomic mass is 32.2. The molecule has 12 heteroatoms. The second-order valence-electron chi connectivity index (χ2n) is 8.37. The Labute approximate surface area is 183 Å². The topological polar surface area (TPSA) is 95.9 Å². The summed E-state index contributed by atoms with van der Waals surface area (Å²) >= 11 is 0. The van der Waals surface area contributed by atoms with E-state index in [4.69, 9.17) is 14.6 Å². The van der Waals surface area contributed by atoms with Gasteiger partial charge in [-0.2, -0.15) is 13.2 Å². The molecule has 1 atom stereocenters. The van der Waals surface area contributed by atoms with E-state index in [0.29, 0.717) is 24.6 Å². The first-order valence-corrected chi connectivity index (χ1v) is 11.9. The molecule has 1 unspecified atom stereocenters. The van der Waals surface area contributed by atoms with Crippen molar-refractivity contribution in [3.63, 3.8) is 0 Å². The predicted octanol–water partition coefficient (Wildman–Crippen LogP) is 2.52. The van der Waals surface area contributed by atoms with Gasteiger partial charge in [0.15, 0.2) is 0 Å². The molecule has 3 aliphatic rings. The van der Waals surface area contributed by atoms with Crippen molar-refractivity contribution in [1.82, 2.24) is 9.62 Å². The summed E-state index contributed by atoms with van der Waals surface area (Å²) in [5.41, 5.74) is 0.542. The van der Waals surface area contributed by atoms with E-state index in [2.05, 4.69) is 9.62 Å². The highest BCUT2D eigenvalue weighted by molar-refractivity contribution is 7.90. The van der Waals surface area contributed by atoms with Crippen LogP contribution in [0.5, 0.6) is 0 Å². The maximum Gasteiger partial charge on any atom is 0.490 e. The number of sulfonamides is 1. The lowest BCUT2D eigenvalue weighted by molar-refractivity contribution is -0.192. The van der Waals surface area contributed by atoms with Crippen LogP contribution in [0.1, 0.15) is 31.2 Å². The van der Waals surface area contributed by atoms with Gasteiger partial charge < -0.3 is 9.84 Å². The zero-order valence-electron chi connectivity index (χ0n) is 17.3. The molecule has 0 bridgehead atoms. The number of alkyl halides is 3. The third-order valence-electron chi connectivity index (χ3n) is 5.94. The van der Waals surface area contributed by atoms with Gasteiger partial charge in [0.2, 0.25) is 10.0 Å². The number of ether oxygens (including phenoxy) is 1. The largest absolute Gasteiger partial charge is 0.490 e. The van der Waals surface area contributed by atoms with Gasteiger partial charge in [0, 0.05) is 38.3 Å². The minimum Gasteiger partial charge on any atom is -0.475 e. The number of rotatable bonds is 7. The molecule has 1 aromatic carbocycles. The van der Waals surface area contributed by atoms with E-state index in [9.17, 15) is 26.0 Å². The average molecular weight is 482 g/mol. The Bertz CT molecular complexity index is 915. The fourth-order valence-electron chi connectivity index (χ4n) is 4.10. The smallest absolute Gasteiger partial charge is 0.475 e. The van der Waals surface area contributed by atoms with Crippen LogP contribution in [0.15, 0.2) is 24.3 Å². The lowest BCUT2D eigenvalue weighted by Crippen LogP contribution is -2.64. The summed E-state index contributed by atoms with van der Waals surface area (Å²) in [5.74, 6) is -2.56. The van der Waals surface area contributed by atoms with Crippen molar-refractivity contribution < 1.29 is 40.6 Å². The number of halogens is 4. The summed E-state index contributed by atoms with van der Waals surface area (Å²) in [4.78, 5) is 11.1. The van der Waals surface area contributed by atoms with Crippen LogP contribution < -0.4 is 4.72 Å². The van der Waals surface area contributed by atoms with Gasteiger partial charge in [-0.25, -0.2) is 22.3 Å². The molecule has 7 nitrogen and oxygen atoms in total. The van der Waals surface area contributed by atoms with E-state index >= 15 is 0 Å². The summed E-state index contributed by atoms with van der Waals surface area (Å²) < 4.78 is 78.1. The van der Waals surface area contributed by atoms with E-state index in [-0.39, 0.29) is 16.7 Å². The molecule has 0 radical (unpaired) electrons. The molecule has 4 rings (SSSR count). The fourth-order valence-corrected chi connectivity index (χ4v) is 5.50. The van der Waals surface area contributed by atoms with Gasteiger partial charge in [0.05, 0.1) is 10.9 Å². The maximum atomic E-state index is 13.8. The van der Waals surface area contributed by atoms with Crippen molar-refractivity contribution >= 4 is 16.0 Å². The van der Waals surface area contributed by atoms with Crippen LogP contribution in [0.2, 0.25) is 0 Å². The fraction of sp³-hybridized carbons (Fsp3) is 0.650. The van der Waals surface area contributed by atoms with Crippen LogP contribution in [0.3, 0.4) is 0 Å². The second-order valence-corrected chi connectivity index (χ2v) is 10.4. The number of nitrogens with zero attached hydrogens (tertiary/aromatic N) is 1. The van der Waals surface area contributed by atoms with E-state index in [0.717, 1.165) is 45.4 Å². The van der Waals surface area contributed by atoms with Crippen LogP contribution in [0.4, 0.5) is 17.6 Å². The SMILES string of the molecule is O=C(O)C(F)(F)F.O=S(=O)(NCCC1CCOC12CN(Cc1ccccc1F)C2)C1CC1. The minimum atomic E-state index is -5.08. The third kappa shape index (κ3) is 6.18. The first-order chi connectivity index (χ1) is 14.9. The van der Waals surface area contributed by atoms with Gasteiger partial charge in [0.25, 0.3) is 0 Å². The molecule has 1 spiro atoms. The van der Waals surface area contributed by atoms with Gasteiger partial charge in [-0.15, -0.1) is 0 Å². The van der Waals surface area contributed by atoms with Crippen molar-refractivity contribution in [2.75, 3.05) is 26.2 Å². The lowest BCUT2D eigenvalue weighted by Gasteiger charge is -2.50. The number of likely N-dealkylation sites (tertiary alicyclic amines) is 1. The molecule has 32 heavy (non-hydrogen) atoms. The average Bonchev–Trinajstić information content (AvgIpc) is 3.45. The second kappa shape index (κ2) is 9.62. The Morgan fingerprint density at radius 2 is 1.84 bits per heavy atom. The Balaban J connectivity index is 0.000000360. The van der Waals surface area contributed by atoms with E-state index in [1.54, 1.807) is 6.07 Å². The number of nitrogens with one attached hydrogen (secondary N) is 1. The van der Waals surface area contributed by atoms with Crippen molar-refractivity contribution in [1.29, 1.82) is 0 Å². The number of carbonyl (C=O) groups is 1. The zero-order chi connectivity index (χ0) is 23.6. The highest BCUT2D eigenvalue weighted by Gasteiger charge is 2.52. The van der Waals surface area contributed by atoms with Crippen molar-refractivity contribution in [2.24, 2.45) is 5.92 Å². The van der Waals surface area contributed by atoms with Crippen LogP contribution >= 0.6 is 0 Å². The van der Waals surface area contributed by atoms with E-state index in [1.807, 2.05) is 12.1 Å². The summed E-state index contributed by atoms with van der Waals surface area (Å²) in [6.45, 7) is 3.40. The number of carboxylic acids is 1. The molecule has 1 saturated carbocycles. The monoisotopic (exact) mass is 482 g/mol. The number of carboxylic acid groups (broad SMARTS) is 1. The molecular weight excluding hydrogens is 456 g/mol. The third-order valence-corrected chi connectivity index (χ3v) is 7.89. The number of aliphatic carboxylic acids is 1. The van der Waals surface area contributed by atoms with Gasteiger partial charge in [0.1, 0.15) is 5.82 Å². The molecule has 0 amide bonds. The van der Waals surface area contributed by atoms with Crippen molar-refractivity contribution in [3.8, 4) is 0 Å². The summed E-state index contributed by atoms with van der Waals surface area (Å²) in [7, 11) is -3.10. The Kier molecular flexibility index (Phi) is 7.48. The van der Waals surface area contributed by atoms with Crippen molar-refractivity contribution in [3.05, 3.63) is 35.6 Å². The van der Waals surface area contributed by atoms with Gasteiger partial charge in [-0.05, 0) is 37.7 Å². The zero-order valence-corrected chi connectivity index (χ0v) is 18.1. The molecular formula is C20H26F4N2O5S. The van der Waals surface area contributed by atoms with Gasteiger partial charge in [-0.3, -0.25) is 4.90 Å². The Morgan fingerprint density at radius 3 is 2.41 bits per heavy atom. The highest BCUT2D eigenvalue weighted by Crippen LogP contribution is 2.42. The lowest BCUT2D eigenvalue weighted by atomic mass is 9.79. The summed E-state index contributed by atoms with van der Waals surface area (Å²) in [6, 6.07) is 6.87. The van der Waals surface area contributed by atoms with E-state index < -0.39 is 22.2 Å². The molecule has 2 aliphatic heterocycles.